The monoisotopic (exact) mass is 313 g/mol. The summed E-state index contributed by atoms with van der Waals surface area (Å²) in [5.41, 5.74) is 0.723. The van der Waals surface area contributed by atoms with Gasteiger partial charge in [0.25, 0.3) is 5.91 Å². The van der Waals surface area contributed by atoms with Crippen molar-refractivity contribution >= 4 is 23.0 Å². The zero-order valence-electron chi connectivity index (χ0n) is 12.6. The molecule has 1 aliphatic heterocycles. The number of Topliss-reactive ketones (excluding diaryl/α,β-unsaturated/α-hetero) is 1. The number of rotatable bonds is 3. The van der Waals surface area contributed by atoms with Crippen LogP contribution in [0.25, 0.3) is 0 Å². The fourth-order valence-corrected chi connectivity index (χ4v) is 3.76. The quantitative estimate of drug-likeness (QED) is 0.808. The molecule has 1 aromatic carbocycles. The highest BCUT2D eigenvalue weighted by Crippen LogP contribution is 2.26. The van der Waals surface area contributed by atoms with Crippen LogP contribution in [0.4, 0.5) is 0 Å². The number of nitrogens with zero attached hydrogens (tertiary/aromatic N) is 1. The van der Waals surface area contributed by atoms with Crippen LogP contribution in [0.15, 0.2) is 42.5 Å². The van der Waals surface area contributed by atoms with E-state index in [-0.39, 0.29) is 17.6 Å². The molecule has 1 saturated heterocycles. The highest BCUT2D eigenvalue weighted by molar-refractivity contribution is 7.14. The minimum absolute atomic E-state index is 0.0536. The third-order valence-electron chi connectivity index (χ3n) is 4.16. The molecule has 2 aromatic rings. The molecule has 0 aliphatic carbocycles. The van der Waals surface area contributed by atoms with Gasteiger partial charge in [0.05, 0.1) is 4.88 Å². The molecule has 0 atom stereocenters. The van der Waals surface area contributed by atoms with Gasteiger partial charge in [0.1, 0.15) is 0 Å². The molecule has 22 heavy (non-hydrogen) atoms. The van der Waals surface area contributed by atoms with Gasteiger partial charge in [-0.25, -0.2) is 0 Å². The van der Waals surface area contributed by atoms with Crippen molar-refractivity contribution in [1.29, 1.82) is 0 Å². The van der Waals surface area contributed by atoms with Gasteiger partial charge in [-0.15, -0.1) is 11.3 Å². The van der Waals surface area contributed by atoms with E-state index in [1.54, 1.807) is 11.3 Å². The predicted octanol–water partition coefficient (Wildman–Crippen LogP) is 3.79. The lowest BCUT2D eigenvalue weighted by Crippen LogP contribution is -2.40. The van der Waals surface area contributed by atoms with Gasteiger partial charge in [0.15, 0.2) is 5.78 Å². The topological polar surface area (TPSA) is 37.4 Å². The average Bonchev–Trinajstić information content (AvgIpc) is 3.01. The number of piperidine rings is 1. The Hall–Kier alpha value is -1.94. The van der Waals surface area contributed by atoms with Crippen molar-refractivity contribution in [3.63, 3.8) is 0 Å². The predicted molar refractivity (Wildman–Crippen MR) is 88.5 cm³/mol. The lowest BCUT2D eigenvalue weighted by Gasteiger charge is -2.31. The van der Waals surface area contributed by atoms with E-state index in [1.165, 1.54) is 4.88 Å². The number of ketones is 1. The smallest absolute Gasteiger partial charge is 0.253 e. The summed E-state index contributed by atoms with van der Waals surface area (Å²) in [5.74, 6) is 0.362. The van der Waals surface area contributed by atoms with Gasteiger partial charge in [-0.2, -0.15) is 0 Å². The molecule has 0 unspecified atom stereocenters. The zero-order valence-corrected chi connectivity index (χ0v) is 13.4. The van der Waals surface area contributed by atoms with E-state index in [0.717, 1.165) is 23.3 Å². The summed E-state index contributed by atoms with van der Waals surface area (Å²) in [6.07, 6.45) is 1.52. The number of likely N-dealkylation sites (tertiary alicyclic amines) is 1. The van der Waals surface area contributed by atoms with Gasteiger partial charge in [-0.05, 0) is 44.0 Å². The lowest BCUT2D eigenvalue weighted by molar-refractivity contribution is 0.0651. The molecule has 0 radical (unpaired) electrons. The summed E-state index contributed by atoms with van der Waals surface area (Å²) < 4.78 is 0. The molecule has 2 heterocycles. The van der Waals surface area contributed by atoms with Crippen molar-refractivity contribution < 1.29 is 9.59 Å². The van der Waals surface area contributed by atoms with E-state index >= 15 is 0 Å². The van der Waals surface area contributed by atoms with Crippen molar-refractivity contribution in [1.82, 2.24) is 4.90 Å². The average molecular weight is 313 g/mol. The third kappa shape index (κ3) is 3.12. The van der Waals surface area contributed by atoms with Crippen LogP contribution in [0.3, 0.4) is 0 Å². The second-order valence-electron chi connectivity index (χ2n) is 5.71. The van der Waals surface area contributed by atoms with Crippen LogP contribution in [0, 0.1) is 12.8 Å². The molecule has 1 amide bonds. The van der Waals surface area contributed by atoms with E-state index in [0.29, 0.717) is 13.1 Å². The Morgan fingerprint density at radius 3 is 2.32 bits per heavy atom. The maximum atomic E-state index is 12.5. The Labute approximate surface area is 134 Å². The Kier molecular flexibility index (Phi) is 4.39. The van der Waals surface area contributed by atoms with Crippen molar-refractivity contribution in [3.8, 4) is 0 Å². The molecule has 4 heteroatoms. The van der Waals surface area contributed by atoms with Gasteiger partial charge in [0.2, 0.25) is 0 Å². The van der Waals surface area contributed by atoms with E-state index in [2.05, 4.69) is 0 Å². The van der Waals surface area contributed by atoms with Gasteiger partial charge >= 0.3 is 0 Å². The Morgan fingerprint density at radius 1 is 1.05 bits per heavy atom. The minimum Gasteiger partial charge on any atom is -0.339 e. The molecular formula is C18H19NO2S. The standard InChI is InChI=1S/C18H19NO2S/c1-13-7-8-16(22-13)17(20)14-9-11-19(12-10-14)18(21)15-5-3-2-4-6-15/h2-8,14H,9-12H2,1H3. The highest BCUT2D eigenvalue weighted by Gasteiger charge is 2.28. The molecule has 3 nitrogen and oxygen atoms in total. The molecule has 114 valence electrons. The maximum Gasteiger partial charge on any atom is 0.253 e. The van der Waals surface area contributed by atoms with Crippen LogP contribution in [-0.4, -0.2) is 29.7 Å². The molecule has 3 rings (SSSR count). The molecular weight excluding hydrogens is 294 g/mol. The number of benzene rings is 1. The number of carbonyl (C=O) groups excluding carboxylic acids is 2. The number of amides is 1. The molecule has 1 aliphatic rings. The normalized spacial score (nSPS) is 15.8. The zero-order chi connectivity index (χ0) is 15.5. The molecule has 0 N–H and O–H groups in total. The SMILES string of the molecule is Cc1ccc(C(=O)C2CCN(C(=O)c3ccccc3)CC2)s1. The van der Waals surface area contributed by atoms with Crippen LogP contribution in [0.1, 0.15) is 37.7 Å². The third-order valence-corrected chi connectivity index (χ3v) is 5.17. The fourth-order valence-electron chi connectivity index (χ4n) is 2.88. The number of thiophene rings is 1. The van der Waals surface area contributed by atoms with Crippen LogP contribution in [0.2, 0.25) is 0 Å². The van der Waals surface area contributed by atoms with Crippen molar-refractivity contribution in [3.05, 3.63) is 57.8 Å². The number of aryl methyl sites for hydroxylation is 1. The summed E-state index contributed by atoms with van der Waals surface area (Å²) in [5, 5.41) is 0. The van der Waals surface area contributed by atoms with E-state index < -0.39 is 0 Å². The molecule has 0 spiro atoms. The van der Waals surface area contributed by atoms with Gasteiger partial charge in [-0.1, -0.05) is 18.2 Å². The van der Waals surface area contributed by atoms with Crippen molar-refractivity contribution in [2.45, 2.75) is 19.8 Å². The molecule has 0 bridgehead atoms. The van der Waals surface area contributed by atoms with Crippen LogP contribution in [0.5, 0.6) is 0 Å². The van der Waals surface area contributed by atoms with Crippen LogP contribution in [-0.2, 0) is 0 Å². The summed E-state index contributed by atoms with van der Waals surface area (Å²) >= 11 is 1.56. The second-order valence-corrected chi connectivity index (χ2v) is 6.99. The van der Waals surface area contributed by atoms with Gasteiger partial charge in [0, 0.05) is 29.4 Å². The van der Waals surface area contributed by atoms with E-state index in [9.17, 15) is 9.59 Å². The van der Waals surface area contributed by atoms with Gasteiger partial charge in [-0.3, -0.25) is 9.59 Å². The maximum absolute atomic E-state index is 12.5. The number of hydrogen-bond donors (Lipinski definition) is 0. The summed E-state index contributed by atoms with van der Waals surface area (Å²) in [7, 11) is 0. The Morgan fingerprint density at radius 2 is 1.73 bits per heavy atom. The molecule has 1 aromatic heterocycles. The molecule has 1 fully saturated rings. The first-order chi connectivity index (χ1) is 10.6. The lowest BCUT2D eigenvalue weighted by atomic mass is 9.91. The summed E-state index contributed by atoms with van der Waals surface area (Å²) in [6, 6.07) is 13.3. The molecule has 0 saturated carbocycles. The van der Waals surface area contributed by atoms with Crippen molar-refractivity contribution in [2.75, 3.05) is 13.1 Å². The highest BCUT2D eigenvalue weighted by atomic mass is 32.1. The summed E-state index contributed by atoms with van der Waals surface area (Å²) in [4.78, 5) is 28.7. The summed E-state index contributed by atoms with van der Waals surface area (Å²) in [6.45, 7) is 3.34. The van der Waals surface area contributed by atoms with E-state index in [1.807, 2.05) is 54.3 Å². The first-order valence-electron chi connectivity index (χ1n) is 7.60. The van der Waals surface area contributed by atoms with Crippen molar-refractivity contribution in [2.24, 2.45) is 5.92 Å². The van der Waals surface area contributed by atoms with Gasteiger partial charge < -0.3 is 4.90 Å². The fraction of sp³-hybridized carbons (Fsp3) is 0.333. The number of carbonyl (C=O) groups is 2. The van der Waals surface area contributed by atoms with Crippen LogP contribution < -0.4 is 0 Å². The van der Waals surface area contributed by atoms with Crippen LogP contribution >= 0.6 is 11.3 Å². The number of hydrogen-bond acceptors (Lipinski definition) is 3. The van der Waals surface area contributed by atoms with E-state index in [4.69, 9.17) is 0 Å². The second kappa shape index (κ2) is 6.44. The first-order valence-corrected chi connectivity index (χ1v) is 8.42. The minimum atomic E-state index is 0.0536. The Balaban J connectivity index is 1.61. The first kappa shape index (κ1) is 15.0. The Bertz CT molecular complexity index is 669. The largest absolute Gasteiger partial charge is 0.339 e.